The van der Waals surface area contributed by atoms with Crippen molar-refractivity contribution in [1.82, 2.24) is 4.90 Å². The standard InChI is InChI=1S/C19H17ClN2O3S2/c1-22(13-17-8-4-10-26-17)19(23)14-5-2-9-18(11-14)27(24,25)21-16-7-3-6-15(20)12-16/h2-12,21H,13H2,1H3. The number of anilines is 1. The summed E-state index contributed by atoms with van der Waals surface area (Å²) in [6.45, 7) is 0.467. The van der Waals surface area contributed by atoms with Gasteiger partial charge in [-0.25, -0.2) is 8.42 Å². The van der Waals surface area contributed by atoms with Crippen LogP contribution in [0.5, 0.6) is 0 Å². The molecular formula is C19H17ClN2O3S2. The van der Waals surface area contributed by atoms with Crippen LogP contribution in [0, 0.1) is 0 Å². The predicted octanol–water partition coefficient (Wildman–Crippen LogP) is 4.47. The number of amides is 1. The first-order valence-electron chi connectivity index (χ1n) is 8.01. The monoisotopic (exact) mass is 420 g/mol. The van der Waals surface area contributed by atoms with Crippen molar-refractivity contribution in [3.8, 4) is 0 Å². The first kappa shape index (κ1) is 19.4. The second-order valence-corrected chi connectivity index (χ2v) is 9.04. The van der Waals surface area contributed by atoms with Gasteiger partial charge < -0.3 is 4.90 Å². The van der Waals surface area contributed by atoms with E-state index >= 15 is 0 Å². The van der Waals surface area contributed by atoms with Gasteiger partial charge in [-0.05, 0) is 47.8 Å². The van der Waals surface area contributed by atoms with Crippen LogP contribution in [-0.2, 0) is 16.6 Å². The molecule has 0 aliphatic heterocycles. The van der Waals surface area contributed by atoms with E-state index in [9.17, 15) is 13.2 Å². The molecule has 1 heterocycles. The van der Waals surface area contributed by atoms with Crippen molar-refractivity contribution in [3.05, 3.63) is 81.5 Å². The lowest BCUT2D eigenvalue weighted by atomic mass is 10.2. The van der Waals surface area contributed by atoms with Crippen LogP contribution < -0.4 is 4.72 Å². The Morgan fingerprint density at radius 1 is 1.11 bits per heavy atom. The van der Waals surface area contributed by atoms with Gasteiger partial charge in [-0.1, -0.05) is 29.8 Å². The molecule has 3 rings (SSSR count). The maximum Gasteiger partial charge on any atom is 0.261 e. The van der Waals surface area contributed by atoms with Crippen LogP contribution in [0.1, 0.15) is 15.2 Å². The van der Waals surface area contributed by atoms with Gasteiger partial charge in [0.1, 0.15) is 0 Å². The largest absolute Gasteiger partial charge is 0.337 e. The fraction of sp³-hybridized carbons (Fsp3) is 0.105. The maximum absolute atomic E-state index is 12.7. The van der Waals surface area contributed by atoms with E-state index in [4.69, 9.17) is 11.6 Å². The molecule has 0 atom stereocenters. The van der Waals surface area contributed by atoms with E-state index in [0.717, 1.165) is 4.88 Å². The number of rotatable bonds is 6. The minimum atomic E-state index is -3.84. The van der Waals surface area contributed by atoms with E-state index in [1.54, 1.807) is 53.6 Å². The molecule has 27 heavy (non-hydrogen) atoms. The Bertz CT molecular complexity index is 1050. The summed E-state index contributed by atoms with van der Waals surface area (Å²) < 4.78 is 27.7. The third-order valence-corrected chi connectivity index (χ3v) is 6.26. The van der Waals surface area contributed by atoms with Crippen molar-refractivity contribution in [2.24, 2.45) is 0 Å². The Morgan fingerprint density at radius 3 is 2.59 bits per heavy atom. The van der Waals surface area contributed by atoms with Gasteiger partial charge in [-0.3, -0.25) is 9.52 Å². The molecule has 1 aromatic heterocycles. The zero-order valence-corrected chi connectivity index (χ0v) is 16.8. The van der Waals surface area contributed by atoms with Crippen LogP contribution in [-0.4, -0.2) is 26.3 Å². The third kappa shape index (κ3) is 4.88. The number of nitrogens with one attached hydrogen (secondary N) is 1. The van der Waals surface area contributed by atoms with Gasteiger partial charge in [0.15, 0.2) is 0 Å². The van der Waals surface area contributed by atoms with Gasteiger partial charge >= 0.3 is 0 Å². The topological polar surface area (TPSA) is 66.5 Å². The number of sulfonamides is 1. The predicted molar refractivity (Wildman–Crippen MR) is 109 cm³/mol. The SMILES string of the molecule is CN(Cc1cccs1)C(=O)c1cccc(S(=O)(=O)Nc2cccc(Cl)c2)c1. The Balaban J connectivity index is 1.80. The molecule has 0 saturated carbocycles. The lowest BCUT2D eigenvalue weighted by molar-refractivity contribution is 0.0786. The number of hydrogen-bond donors (Lipinski definition) is 1. The van der Waals surface area contributed by atoms with E-state index in [1.807, 2.05) is 17.5 Å². The van der Waals surface area contributed by atoms with Gasteiger partial charge in [-0.2, -0.15) is 0 Å². The molecule has 140 valence electrons. The minimum absolute atomic E-state index is 0.0119. The van der Waals surface area contributed by atoms with E-state index < -0.39 is 10.0 Å². The van der Waals surface area contributed by atoms with Crippen molar-refractivity contribution < 1.29 is 13.2 Å². The van der Waals surface area contributed by atoms with Crippen LogP contribution in [0.25, 0.3) is 0 Å². The zero-order valence-electron chi connectivity index (χ0n) is 14.4. The third-order valence-electron chi connectivity index (χ3n) is 3.79. The summed E-state index contributed by atoms with van der Waals surface area (Å²) in [5.74, 6) is -0.247. The fourth-order valence-corrected chi connectivity index (χ4v) is 4.53. The summed E-state index contributed by atoms with van der Waals surface area (Å²) >= 11 is 7.46. The molecule has 1 N–H and O–H groups in total. The highest BCUT2D eigenvalue weighted by Crippen LogP contribution is 2.21. The number of carbonyl (C=O) groups excluding carboxylic acids is 1. The maximum atomic E-state index is 12.7. The lowest BCUT2D eigenvalue weighted by Gasteiger charge is -2.17. The Hall–Kier alpha value is -2.35. The fourth-order valence-electron chi connectivity index (χ4n) is 2.49. The first-order valence-corrected chi connectivity index (χ1v) is 10.8. The zero-order chi connectivity index (χ0) is 19.4. The Kier molecular flexibility index (Phi) is 5.84. The molecule has 0 radical (unpaired) electrons. The molecule has 0 saturated heterocycles. The molecule has 0 aliphatic carbocycles. The smallest absolute Gasteiger partial charge is 0.261 e. The van der Waals surface area contributed by atoms with Gasteiger partial charge in [0.05, 0.1) is 17.1 Å². The second-order valence-electron chi connectivity index (χ2n) is 5.88. The minimum Gasteiger partial charge on any atom is -0.337 e. The molecular weight excluding hydrogens is 404 g/mol. The highest BCUT2D eigenvalue weighted by molar-refractivity contribution is 7.92. The molecule has 0 fully saturated rings. The number of carbonyl (C=O) groups is 1. The molecule has 5 nitrogen and oxygen atoms in total. The summed E-state index contributed by atoms with van der Waals surface area (Å²) in [6, 6.07) is 16.3. The first-order chi connectivity index (χ1) is 12.8. The molecule has 3 aromatic rings. The summed E-state index contributed by atoms with van der Waals surface area (Å²) in [5, 5.41) is 2.37. The molecule has 0 aliphatic rings. The lowest BCUT2D eigenvalue weighted by Crippen LogP contribution is -2.26. The van der Waals surface area contributed by atoms with E-state index in [2.05, 4.69) is 4.72 Å². The van der Waals surface area contributed by atoms with Gasteiger partial charge in [0, 0.05) is 22.5 Å². The van der Waals surface area contributed by atoms with Crippen LogP contribution in [0.15, 0.2) is 70.9 Å². The highest BCUT2D eigenvalue weighted by atomic mass is 35.5. The summed E-state index contributed by atoms with van der Waals surface area (Å²) in [6.07, 6.45) is 0. The number of hydrogen-bond acceptors (Lipinski definition) is 4. The average molecular weight is 421 g/mol. The van der Waals surface area contributed by atoms with Crippen molar-refractivity contribution in [2.45, 2.75) is 11.4 Å². The summed E-state index contributed by atoms with van der Waals surface area (Å²) in [4.78, 5) is 15.3. The van der Waals surface area contributed by atoms with Crippen LogP contribution >= 0.6 is 22.9 Å². The van der Waals surface area contributed by atoms with Crippen molar-refractivity contribution in [3.63, 3.8) is 0 Å². The van der Waals surface area contributed by atoms with E-state index in [0.29, 0.717) is 22.8 Å². The summed E-state index contributed by atoms with van der Waals surface area (Å²) in [7, 11) is -2.15. The molecule has 0 unspecified atom stereocenters. The number of nitrogens with zero attached hydrogens (tertiary/aromatic N) is 1. The highest BCUT2D eigenvalue weighted by Gasteiger charge is 2.18. The quantitative estimate of drug-likeness (QED) is 0.639. The van der Waals surface area contributed by atoms with Crippen molar-refractivity contribution in [1.29, 1.82) is 0 Å². The number of thiophene rings is 1. The molecule has 1 amide bonds. The molecule has 0 bridgehead atoms. The van der Waals surface area contributed by atoms with Gasteiger partial charge in [0.25, 0.3) is 15.9 Å². The number of halogens is 1. The van der Waals surface area contributed by atoms with E-state index in [1.165, 1.54) is 18.2 Å². The average Bonchev–Trinajstić information content (AvgIpc) is 3.14. The van der Waals surface area contributed by atoms with Crippen LogP contribution in [0.4, 0.5) is 5.69 Å². The normalized spacial score (nSPS) is 11.2. The van der Waals surface area contributed by atoms with Crippen LogP contribution in [0.2, 0.25) is 5.02 Å². The van der Waals surface area contributed by atoms with Crippen LogP contribution in [0.3, 0.4) is 0 Å². The molecule has 2 aromatic carbocycles. The second kappa shape index (κ2) is 8.12. The van der Waals surface area contributed by atoms with Gasteiger partial charge in [0.2, 0.25) is 0 Å². The summed E-state index contributed by atoms with van der Waals surface area (Å²) in [5.41, 5.74) is 0.664. The Morgan fingerprint density at radius 2 is 1.89 bits per heavy atom. The van der Waals surface area contributed by atoms with Crippen molar-refractivity contribution in [2.75, 3.05) is 11.8 Å². The van der Waals surface area contributed by atoms with Gasteiger partial charge in [-0.15, -0.1) is 11.3 Å². The van der Waals surface area contributed by atoms with Crippen molar-refractivity contribution >= 4 is 44.6 Å². The van der Waals surface area contributed by atoms with E-state index in [-0.39, 0.29) is 10.8 Å². The Labute approximate surface area is 167 Å². The molecule has 8 heteroatoms. The molecule has 0 spiro atoms. The number of benzene rings is 2.